The minimum absolute atomic E-state index is 0.0123. The van der Waals surface area contributed by atoms with Crippen molar-refractivity contribution < 1.29 is 14.6 Å². The highest BCUT2D eigenvalue weighted by molar-refractivity contribution is 5.53. The molecule has 1 N–H and O–H groups in total. The van der Waals surface area contributed by atoms with E-state index in [-0.39, 0.29) is 11.5 Å². The normalized spacial score (nSPS) is 36.2. The molecule has 3 heterocycles. The number of aliphatic hydroxyl groups is 1. The first-order valence-electron chi connectivity index (χ1n) is 7.83. The van der Waals surface area contributed by atoms with Crippen molar-refractivity contribution in [2.45, 2.75) is 36.8 Å². The number of hydrogen-bond donors (Lipinski definition) is 1. The van der Waals surface area contributed by atoms with E-state index in [9.17, 15) is 5.11 Å². The fourth-order valence-electron chi connectivity index (χ4n) is 4.77. The third kappa shape index (κ3) is 1.47. The maximum atomic E-state index is 10.6. The zero-order valence-corrected chi connectivity index (χ0v) is 11.9. The fourth-order valence-corrected chi connectivity index (χ4v) is 4.77. The molecule has 0 aromatic heterocycles. The second-order valence-corrected chi connectivity index (χ2v) is 6.56. The molecule has 0 radical (unpaired) electrons. The molecule has 3 aliphatic heterocycles. The second-order valence-electron chi connectivity index (χ2n) is 6.56. The summed E-state index contributed by atoms with van der Waals surface area (Å²) in [6.45, 7) is 2.50. The van der Waals surface area contributed by atoms with Crippen LogP contribution in [0, 0.1) is 0 Å². The molecule has 0 amide bonds. The van der Waals surface area contributed by atoms with Gasteiger partial charge in [-0.2, -0.15) is 0 Å². The van der Waals surface area contributed by atoms with Gasteiger partial charge in [0, 0.05) is 18.0 Å². The van der Waals surface area contributed by atoms with Crippen LogP contribution >= 0.6 is 0 Å². The van der Waals surface area contributed by atoms with Crippen LogP contribution in [0.25, 0.3) is 0 Å². The summed E-state index contributed by atoms with van der Waals surface area (Å²) >= 11 is 0. The van der Waals surface area contributed by atoms with E-state index in [2.05, 4.69) is 23.1 Å². The molecule has 5 rings (SSSR count). The number of ether oxygens (including phenoxy) is 2. The van der Waals surface area contributed by atoms with Crippen LogP contribution in [0.5, 0.6) is 11.5 Å². The molecule has 1 saturated heterocycles. The molecule has 4 heteroatoms. The maximum Gasteiger partial charge on any atom is 0.231 e. The first kappa shape index (κ1) is 12.1. The highest BCUT2D eigenvalue weighted by Gasteiger charge is 2.53. The van der Waals surface area contributed by atoms with Gasteiger partial charge in [-0.25, -0.2) is 0 Å². The molecule has 1 unspecified atom stereocenters. The van der Waals surface area contributed by atoms with Crippen LogP contribution < -0.4 is 9.47 Å². The van der Waals surface area contributed by atoms with Gasteiger partial charge in [-0.05, 0) is 49.1 Å². The SMILES string of the molecule is OC1C=C[C@]23CCCN2CCc2cc4c(cc2[C@H]13)OCO4. The predicted molar refractivity (Wildman–Crippen MR) is 77.7 cm³/mol. The largest absolute Gasteiger partial charge is 0.454 e. The minimum atomic E-state index is -0.400. The van der Waals surface area contributed by atoms with Crippen LogP contribution in [-0.4, -0.2) is 41.5 Å². The zero-order chi connectivity index (χ0) is 14.0. The molecule has 0 saturated carbocycles. The Hall–Kier alpha value is -1.52. The lowest BCUT2D eigenvalue weighted by Gasteiger charge is -2.39. The maximum absolute atomic E-state index is 10.6. The Morgan fingerprint density at radius 1 is 1.19 bits per heavy atom. The number of rotatable bonds is 0. The Balaban J connectivity index is 1.71. The molecule has 1 aromatic carbocycles. The van der Waals surface area contributed by atoms with Gasteiger partial charge in [-0.3, -0.25) is 4.90 Å². The number of nitrogens with zero attached hydrogens (tertiary/aromatic N) is 1. The molecule has 0 bridgehead atoms. The predicted octanol–water partition coefficient (Wildman–Crippen LogP) is 1.82. The Labute approximate surface area is 124 Å². The molecule has 1 aromatic rings. The highest BCUT2D eigenvalue weighted by atomic mass is 16.7. The van der Waals surface area contributed by atoms with E-state index in [0.29, 0.717) is 6.79 Å². The van der Waals surface area contributed by atoms with E-state index in [1.54, 1.807) is 0 Å². The average Bonchev–Trinajstić information content (AvgIpc) is 3.15. The van der Waals surface area contributed by atoms with E-state index in [0.717, 1.165) is 37.4 Å². The van der Waals surface area contributed by atoms with Crippen molar-refractivity contribution in [3.8, 4) is 11.5 Å². The van der Waals surface area contributed by atoms with Crippen molar-refractivity contribution in [3.63, 3.8) is 0 Å². The van der Waals surface area contributed by atoms with Crippen LogP contribution in [0.2, 0.25) is 0 Å². The van der Waals surface area contributed by atoms with Crippen molar-refractivity contribution >= 4 is 0 Å². The summed E-state index contributed by atoms with van der Waals surface area (Å²) in [6, 6.07) is 4.24. The Morgan fingerprint density at radius 2 is 2.05 bits per heavy atom. The molecule has 1 aliphatic carbocycles. The molecular weight excluding hydrogens is 266 g/mol. The Kier molecular flexibility index (Phi) is 2.31. The Morgan fingerprint density at radius 3 is 2.95 bits per heavy atom. The van der Waals surface area contributed by atoms with Crippen LogP contribution in [0.15, 0.2) is 24.3 Å². The van der Waals surface area contributed by atoms with Crippen LogP contribution in [0.1, 0.15) is 29.9 Å². The van der Waals surface area contributed by atoms with E-state index < -0.39 is 6.10 Å². The van der Waals surface area contributed by atoms with Crippen LogP contribution in [0.4, 0.5) is 0 Å². The summed E-state index contributed by atoms with van der Waals surface area (Å²) in [4.78, 5) is 2.57. The third-order valence-corrected chi connectivity index (χ3v) is 5.68. The van der Waals surface area contributed by atoms with Gasteiger partial charge in [-0.15, -0.1) is 0 Å². The lowest BCUT2D eigenvalue weighted by Crippen LogP contribution is -2.46. The summed E-state index contributed by atoms with van der Waals surface area (Å²) in [5, 5.41) is 10.6. The lowest BCUT2D eigenvalue weighted by molar-refractivity contribution is 0.106. The van der Waals surface area contributed by atoms with E-state index in [4.69, 9.17) is 9.47 Å². The summed E-state index contributed by atoms with van der Waals surface area (Å²) < 4.78 is 11.1. The monoisotopic (exact) mass is 285 g/mol. The first-order chi connectivity index (χ1) is 10.3. The van der Waals surface area contributed by atoms with Gasteiger partial charge in [-0.1, -0.05) is 12.2 Å². The topological polar surface area (TPSA) is 41.9 Å². The summed E-state index contributed by atoms with van der Waals surface area (Å²) in [6.07, 6.45) is 7.22. The summed E-state index contributed by atoms with van der Waals surface area (Å²) in [7, 11) is 0. The number of aliphatic hydroxyl groups excluding tert-OH is 1. The first-order valence-corrected chi connectivity index (χ1v) is 7.83. The van der Waals surface area contributed by atoms with E-state index in [1.165, 1.54) is 17.5 Å². The molecular formula is C17H19NO3. The lowest BCUT2D eigenvalue weighted by atomic mass is 9.78. The smallest absolute Gasteiger partial charge is 0.231 e. The van der Waals surface area contributed by atoms with Crippen LogP contribution in [0.3, 0.4) is 0 Å². The molecule has 1 spiro atoms. The Bertz CT molecular complexity index is 641. The van der Waals surface area contributed by atoms with Crippen LogP contribution in [-0.2, 0) is 6.42 Å². The fraction of sp³-hybridized carbons (Fsp3) is 0.529. The molecule has 3 atom stereocenters. The van der Waals surface area contributed by atoms with Gasteiger partial charge in [0.15, 0.2) is 11.5 Å². The minimum Gasteiger partial charge on any atom is -0.454 e. The van der Waals surface area contributed by atoms with E-state index in [1.807, 2.05) is 6.08 Å². The standard InChI is InChI=1S/C17H19NO3/c19-13-2-5-17-4-1-6-18(17)7-3-11-8-14-15(21-10-20-14)9-12(11)16(13)17/h2,5,8-9,13,16,19H,1,3-4,6-7,10H2/t13?,16-,17+/m1/s1. The van der Waals surface area contributed by atoms with E-state index >= 15 is 0 Å². The quantitative estimate of drug-likeness (QED) is 0.738. The summed E-state index contributed by atoms with van der Waals surface area (Å²) in [5.41, 5.74) is 2.57. The van der Waals surface area contributed by atoms with Gasteiger partial charge >= 0.3 is 0 Å². The summed E-state index contributed by atoms with van der Waals surface area (Å²) in [5.74, 6) is 1.81. The van der Waals surface area contributed by atoms with Crippen molar-refractivity contribution in [1.29, 1.82) is 0 Å². The second kappa shape index (κ2) is 4.02. The number of benzene rings is 1. The zero-order valence-electron chi connectivity index (χ0n) is 11.9. The number of fused-ring (bicyclic) bond motifs is 3. The van der Waals surface area contributed by atoms with Crippen molar-refractivity contribution in [1.82, 2.24) is 4.90 Å². The van der Waals surface area contributed by atoms with Gasteiger partial charge in [0.1, 0.15) is 0 Å². The molecule has 21 heavy (non-hydrogen) atoms. The highest BCUT2D eigenvalue weighted by Crippen LogP contribution is 2.52. The third-order valence-electron chi connectivity index (χ3n) is 5.68. The van der Waals surface area contributed by atoms with Gasteiger partial charge in [0.05, 0.1) is 6.10 Å². The van der Waals surface area contributed by atoms with Gasteiger partial charge < -0.3 is 14.6 Å². The average molecular weight is 285 g/mol. The molecule has 110 valence electrons. The molecule has 4 nitrogen and oxygen atoms in total. The van der Waals surface area contributed by atoms with Gasteiger partial charge in [0.2, 0.25) is 6.79 Å². The van der Waals surface area contributed by atoms with Gasteiger partial charge in [0.25, 0.3) is 0 Å². The molecule has 1 fully saturated rings. The van der Waals surface area contributed by atoms with Crippen molar-refractivity contribution in [2.75, 3.05) is 19.9 Å². The van der Waals surface area contributed by atoms with Crippen molar-refractivity contribution in [3.05, 3.63) is 35.4 Å². The van der Waals surface area contributed by atoms with Crippen molar-refractivity contribution in [2.24, 2.45) is 0 Å². The number of hydrogen-bond acceptors (Lipinski definition) is 4. The molecule has 4 aliphatic rings.